The molecule has 9 heteroatoms. The van der Waals surface area contributed by atoms with E-state index < -0.39 is 28.4 Å². The van der Waals surface area contributed by atoms with Crippen LogP contribution in [0.2, 0.25) is 0 Å². The predicted molar refractivity (Wildman–Crippen MR) is 87.8 cm³/mol. The van der Waals surface area contributed by atoms with Crippen LogP contribution in [-0.2, 0) is 26.0 Å². The Morgan fingerprint density at radius 3 is 2.67 bits per heavy atom. The normalized spacial score (nSPS) is 13.7. The van der Waals surface area contributed by atoms with E-state index in [9.17, 15) is 18.0 Å². The number of nitrogens with zero attached hydrogens (tertiary/aromatic N) is 2. The number of fused-ring (bicyclic) bond motifs is 1. The largest absolute Gasteiger partial charge is 0.480 e. The van der Waals surface area contributed by atoms with Crippen molar-refractivity contribution in [2.45, 2.75) is 6.42 Å². The van der Waals surface area contributed by atoms with Gasteiger partial charge in [0.15, 0.2) is 0 Å². The van der Waals surface area contributed by atoms with Crippen LogP contribution in [0.4, 0.5) is 5.69 Å². The van der Waals surface area contributed by atoms with Crippen LogP contribution in [0.1, 0.15) is 15.9 Å². The van der Waals surface area contributed by atoms with E-state index in [-0.39, 0.29) is 13.2 Å². The molecule has 0 atom stereocenters. The lowest BCUT2D eigenvalue weighted by molar-refractivity contribution is -0.137. The molecule has 2 rings (SSSR count). The van der Waals surface area contributed by atoms with Crippen LogP contribution in [0.25, 0.3) is 0 Å². The van der Waals surface area contributed by atoms with Crippen molar-refractivity contribution in [3.8, 4) is 0 Å². The van der Waals surface area contributed by atoms with Gasteiger partial charge in [-0.2, -0.15) is 0 Å². The van der Waals surface area contributed by atoms with Gasteiger partial charge in [0.25, 0.3) is 5.91 Å². The van der Waals surface area contributed by atoms with E-state index in [0.29, 0.717) is 24.2 Å². The zero-order valence-corrected chi connectivity index (χ0v) is 14.4. The Morgan fingerprint density at radius 2 is 2.08 bits per heavy atom. The topological polar surface area (TPSA) is 104 Å². The van der Waals surface area contributed by atoms with E-state index in [1.54, 1.807) is 12.1 Å². The molecule has 0 aromatic heterocycles. The number of ether oxygens (including phenoxy) is 1. The smallest absolute Gasteiger partial charge is 0.323 e. The summed E-state index contributed by atoms with van der Waals surface area (Å²) in [5, 5.41) is 8.95. The second-order valence-electron chi connectivity index (χ2n) is 5.54. The van der Waals surface area contributed by atoms with Crippen molar-refractivity contribution in [3.05, 3.63) is 29.3 Å². The van der Waals surface area contributed by atoms with Crippen molar-refractivity contribution in [2.75, 3.05) is 43.9 Å². The first-order valence-corrected chi connectivity index (χ1v) is 9.19. The highest BCUT2D eigenvalue weighted by Gasteiger charge is 2.27. The Morgan fingerprint density at radius 1 is 1.38 bits per heavy atom. The second kappa shape index (κ2) is 7.18. The molecule has 0 bridgehead atoms. The van der Waals surface area contributed by atoms with Crippen molar-refractivity contribution in [1.29, 1.82) is 0 Å². The molecule has 8 nitrogen and oxygen atoms in total. The molecule has 24 heavy (non-hydrogen) atoms. The zero-order valence-electron chi connectivity index (χ0n) is 13.6. The summed E-state index contributed by atoms with van der Waals surface area (Å²) in [5.41, 5.74) is 1.66. The van der Waals surface area contributed by atoms with E-state index in [1.807, 2.05) is 0 Å². The van der Waals surface area contributed by atoms with Crippen LogP contribution in [0.5, 0.6) is 0 Å². The fourth-order valence-electron chi connectivity index (χ4n) is 2.65. The maximum atomic E-state index is 12.5. The van der Waals surface area contributed by atoms with E-state index in [1.165, 1.54) is 22.4 Å². The van der Waals surface area contributed by atoms with Crippen molar-refractivity contribution in [1.82, 2.24) is 4.90 Å². The summed E-state index contributed by atoms with van der Waals surface area (Å²) in [6.45, 7) is 0.309. The number of hydrogen-bond donors (Lipinski definition) is 1. The highest BCUT2D eigenvalue weighted by molar-refractivity contribution is 7.92. The lowest BCUT2D eigenvalue weighted by atomic mass is 10.1. The standard InChI is InChI=1S/C15H20N2O6S/c1-23-8-7-16(10-14(18)19)15(20)12-3-4-13-11(9-12)5-6-17(13)24(2,21)22/h3-4,9H,5-8,10H2,1-2H3,(H,18,19). The van der Waals surface area contributed by atoms with Crippen LogP contribution >= 0.6 is 0 Å². The number of carboxylic acids is 1. The summed E-state index contributed by atoms with van der Waals surface area (Å²) in [6.07, 6.45) is 1.65. The fraction of sp³-hybridized carbons (Fsp3) is 0.467. The molecule has 0 fully saturated rings. The van der Waals surface area contributed by atoms with Crippen LogP contribution in [0.3, 0.4) is 0 Å². The number of carbonyl (C=O) groups is 2. The van der Waals surface area contributed by atoms with Gasteiger partial charge in [-0.05, 0) is 30.2 Å². The fourth-order valence-corrected chi connectivity index (χ4v) is 3.61. The van der Waals surface area contributed by atoms with Crippen LogP contribution in [-0.4, -0.2) is 69.9 Å². The summed E-state index contributed by atoms with van der Waals surface area (Å²) < 4.78 is 29.7. The van der Waals surface area contributed by atoms with Gasteiger partial charge in [-0.25, -0.2) is 8.42 Å². The van der Waals surface area contributed by atoms with Gasteiger partial charge >= 0.3 is 5.97 Å². The summed E-state index contributed by atoms with van der Waals surface area (Å²) in [7, 11) is -1.88. The van der Waals surface area contributed by atoms with E-state index in [0.717, 1.165) is 11.8 Å². The Bertz CT molecular complexity index is 746. The van der Waals surface area contributed by atoms with Crippen molar-refractivity contribution in [3.63, 3.8) is 0 Å². The molecule has 0 saturated heterocycles. The first-order chi connectivity index (χ1) is 11.2. The number of hydrogen-bond acceptors (Lipinski definition) is 5. The molecular weight excluding hydrogens is 336 g/mol. The molecule has 1 aliphatic rings. The average molecular weight is 356 g/mol. The number of carboxylic acid groups (broad SMARTS) is 1. The number of rotatable bonds is 7. The third-order valence-corrected chi connectivity index (χ3v) is 4.94. The Balaban J connectivity index is 2.26. The van der Waals surface area contributed by atoms with Gasteiger partial charge in [0.2, 0.25) is 10.0 Å². The van der Waals surface area contributed by atoms with Gasteiger partial charge in [0.05, 0.1) is 18.6 Å². The SMILES string of the molecule is COCCN(CC(=O)O)C(=O)c1ccc2c(c1)CCN2S(C)(=O)=O. The number of methoxy groups -OCH3 is 1. The maximum absolute atomic E-state index is 12.5. The van der Waals surface area contributed by atoms with Gasteiger partial charge in [0.1, 0.15) is 6.54 Å². The highest BCUT2D eigenvalue weighted by atomic mass is 32.2. The molecule has 132 valence electrons. The van der Waals surface area contributed by atoms with Gasteiger partial charge in [0, 0.05) is 25.8 Å². The molecule has 1 amide bonds. The number of aliphatic carboxylic acids is 1. The first-order valence-electron chi connectivity index (χ1n) is 7.34. The summed E-state index contributed by atoms with van der Waals surface area (Å²) in [5.74, 6) is -1.53. The molecule has 1 aliphatic heterocycles. The van der Waals surface area contributed by atoms with Gasteiger partial charge in [-0.1, -0.05) is 0 Å². The molecule has 0 radical (unpaired) electrons. The molecule has 0 saturated carbocycles. The minimum Gasteiger partial charge on any atom is -0.480 e. The number of amides is 1. The molecular formula is C15H20N2O6S. The predicted octanol–water partition coefficient (Wildman–Crippen LogP) is 0.182. The Hall–Kier alpha value is -2.13. The van der Waals surface area contributed by atoms with E-state index in [4.69, 9.17) is 9.84 Å². The number of sulfonamides is 1. The second-order valence-corrected chi connectivity index (χ2v) is 7.45. The van der Waals surface area contributed by atoms with E-state index in [2.05, 4.69) is 0 Å². The van der Waals surface area contributed by atoms with Crippen LogP contribution in [0.15, 0.2) is 18.2 Å². The minimum atomic E-state index is -3.35. The lowest BCUT2D eigenvalue weighted by Crippen LogP contribution is -2.38. The van der Waals surface area contributed by atoms with Gasteiger partial charge in [-0.3, -0.25) is 13.9 Å². The molecule has 1 heterocycles. The molecule has 1 N–H and O–H groups in total. The third kappa shape index (κ3) is 4.04. The molecule has 0 unspecified atom stereocenters. The van der Waals surface area contributed by atoms with Crippen molar-refractivity contribution in [2.24, 2.45) is 0 Å². The lowest BCUT2D eigenvalue weighted by Gasteiger charge is -2.21. The molecule has 0 aliphatic carbocycles. The van der Waals surface area contributed by atoms with Crippen molar-refractivity contribution >= 4 is 27.6 Å². The van der Waals surface area contributed by atoms with Crippen molar-refractivity contribution < 1.29 is 27.9 Å². The molecule has 1 aromatic carbocycles. The number of anilines is 1. The Kier molecular flexibility index (Phi) is 5.45. The quantitative estimate of drug-likeness (QED) is 0.747. The highest BCUT2D eigenvalue weighted by Crippen LogP contribution is 2.31. The summed E-state index contributed by atoms with van der Waals surface area (Å²) in [6, 6.07) is 4.74. The first kappa shape index (κ1) is 18.2. The molecule has 0 spiro atoms. The zero-order chi connectivity index (χ0) is 17.9. The number of carbonyl (C=O) groups excluding carboxylic acids is 1. The summed E-state index contributed by atoms with van der Waals surface area (Å²) >= 11 is 0. The minimum absolute atomic E-state index is 0.161. The maximum Gasteiger partial charge on any atom is 0.323 e. The third-order valence-electron chi connectivity index (χ3n) is 3.76. The van der Waals surface area contributed by atoms with Crippen LogP contribution in [0, 0.1) is 0 Å². The average Bonchev–Trinajstić information content (AvgIpc) is 2.93. The van der Waals surface area contributed by atoms with Crippen LogP contribution < -0.4 is 4.31 Å². The van der Waals surface area contributed by atoms with E-state index >= 15 is 0 Å². The van der Waals surface area contributed by atoms with Gasteiger partial charge < -0.3 is 14.7 Å². The Labute approximate surface area is 140 Å². The van der Waals surface area contributed by atoms with Gasteiger partial charge in [-0.15, -0.1) is 0 Å². The molecule has 1 aromatic rings. The number of benzene rings is 1. The summed E-state index contributed by atoms with van der Waals surface area (Å²) in [4.78, 5) is 24.7. The monoisotopic (exact) mass is 356 g/mol.